The van der Waals surface area contributed by atoms with Crippen molar-refractivity contribution >= 4 is 22.0 Å². The van der Waals surface area contributed by atoms with Crippen molar-refractivity contribution in [1.29, 1.82) is 0 Å². The average molecular weight is 340 g/mol. The highest BCUT2D eigenvalue weighted by Gasteiger charge is 2.35. The highest BCUT2D eigenvalue weighted by molar-refractivity contribution is 9.10. The van der Waals surface area contributed by atoms with Gasteiger partial charge in [0.15, 0.2) is 0 Å². The van der Waals surface area contributed by atoms with E-state index in [1.165, 1.54) is 11.1 Å². The minimum Gasteiger partial charge on any atom is -0.444 e. The van der Waals surface area contributed by atoms with E-state index in [-0.39, 0.29) is 6.09 Å². The molecular weight excluding hydrogens is 318 g/mol. The van der Waals surface area contributed by atoms with Crippen LogP contribution in [0.4, 0.5) is 4.79 Å². The number of ether oxygens (including phenoxy) is 1. The largest absolute Gasteiger partial charge is 0.444 e. The number of amides is 1. The lowest BCUT2D eigenvalue weighted by Crippen LogP contribution is -2.38. The van der Waals surface area contributed by atoms with Crippen molar-refractivity contribution in [2.75, 3.05) is 0 Å². The number of rotatable bonds is 3. The number of carbonyl (C=O) groups excluding carboxylic acids is 1. The van der Waals surface area contributed by atoms with Gasteiger partial charge in [-0.25, -0.2) is 4.79 Å². The second-order valence-electron chi connectivity index (χ2n) is 6.41. The number of hydrogen-bond donors (Lipinski definition) is 0. The monoisotopic (exact) mass is 339 g/mol. The second kappa shape index (κ2) is 5.76. The molecule has 0 aromatic heterocycles. The molecule has 1 aliphatic rings. The molecule has 1 saturated carbocycles. The van der Waals surface area contributed by atoms with Crippen LogP contribution in [0.1, 0.15) is 44.7 Å². The van der Waals surface area contributed by atoms with Crippen LogP contribution in [0.5, 0.6) is 0 Å². The normalized spacial score (nSPS) is 15.1. The summed E-state index contributed by atoms with van der Waals surface area (Å²) in [6.07, 6.45) is 1.95. The second-order valence-corrected chi connectivity index (χ2v) is 7.33. The van der Waals surface area contributed by atoms with E-state index >= 15 is 0 Å². The van der Waals surface area contributed by atoms with Crippen molar-refractivity contribution in [2.24, 2.45) is 0 Å². The maximum Gasteiger partial charge on any atom is 0.410 e. The molecule has 0 bridgehead atoms. The van der Waals surface area contributed by atoms with Crippen molar-refractivity contribution in [3.8, 4) is 0 Å². The van der Waals surface area contributed by atoms with Crippen molar-refractivity contribution < 1.29 is 9.53 Å². The third-order valence-corrected chi connectivity index (χ3v) is 3.75. The van der Waals surface area contributed by atoms with E-state index < -0.39 is 5.60 Å². The number of benzene rings is 1. The highest BCUT2D eigenvalue weighted by Crippen LogP contribution is 2.30. The van der Waals surface area contributed by atoms with Crippen molar-refractivity contribution in [3.63, 3.8) is 0 Å². The molecule has 0 heterocycles. The maximum absolute atomic E-state index is 12.3. The summed E-state index contributed by atoms with van der Waals surface area (Å²) in [5.74, 6) is 0. The predicted molar refractivity (Wildman–Crippen MR) is 83.7 cm³/mol. The molecule has 0 saturated heterocycles. The summed E-state index contributed by atoms with van der Waals surface area (Å²) in [7, 11) is 0. The molecule has 0 radical (unpaired) electrons. The van der Waals surface area contributed by atoms with Crippen LogP contribution in [0.2, 0.25) is 0 Å². The van der Waals surface area contributed by atoms with Crippen molar-refractivity contribution in [1.82, 2.24) is 4.90 Å². The zero-order valence-electron chi connectivity index (χ0n) is 12.6. The van der Waals surface area contributed by atoms with Crippen LogP contribution in [-0.2, 0) is 11.3 Å². The first-order chi connectivity index (χ1) is 9.26. The van der Waals surface area contributed by atoms with Gasteiger partial charge in [0, 0.05) is 17.1 Å². The van der Waals surface area contributed by atoms with Gasteiger partial charge in [-0.3, -0.25) is 0 Å². The van der Waals surface area contributed by atoms with Crippen LogP contribution in [-0.4, -0.2) is 22.6 Å². The van der Waals surface area contributed by atoms with E-state index in [0.29, 0.717) is 12.6 Å². The predicted octanol–water partition coefficient (Wildman–Crippen LogP) is 4.66. The van der Waals surface area contributed by atoms with Crippen LogP contribution < -0.4 is 0 Å². The zero-order chi connectivity index (χ0) is 14.9. The number of aryl methyl sites for hydroxylation is 1. The molecule has 0 atom stereocenters. The van der Waals surface area contributed by atoms with Gasteiger partial charge in [-0.1, -0.05) is 22.0 Å². The molecule has 0 N–H and O–H groups in total. The summed E-state index contributed by atoms with van der Waals surface area (Å²) in [6, 6.07) is 6.50. The molecule has 1 aliphatic carbocycles. The average Bonchev–Trinajstić information content (AvgIpc) is 3.09. The fraction of sp³-hybridized carbons (Fsp3) is 0.562. The van der Waals surface area contributed by atoms with Gasteiger partial charge in [0.1, 0.15) is 5.60 Å². The van der Waals surface area contributed by atoms with Crippen LogP contribution in [0, 0.1) is 6.92 Å². The van der Waals surface area contributed by atoms with Gasteiger partial charge in [-0.2, -0.15) is 0 Å². The summed E-state index contributed by atoms with van der Waals surface area (Å²) in [5.41, 5.74) is 1.92. The van der Waals surface area contributed by atoms with Crippen LogP contribution in [0.25, 0.3) is 0 Å². The van der Waals surface area contributed by atoms with Gasteiger partial charge in [-0.05, 0) is 63.8 Å². The van der Waals surface area contributed by atoms with Crippen LogP contribution >= 0.6 is 15.9 Å². The lowest BCUT2D eigenvalue weighted by molar-refractivity contribution is 0.0216. The molecule has 0 aliphatic heterocycles. The Labute approximate surface area is 129 Å². The quantitative estimate of drug-likeness (QED) is 0.801. The standard InChI is InChI=1S/C16H22BrNO2/c1-11-9-13(17)6-5-12(11)10-18(14-7-8-14)15(19)20-16(2,3)4/h5-6,9,14H,7-8,10H2,1-4H3. The van der Waals surface area contributed by atoms with Crippen molar-refractivity contribution in [3.05, 3.63) is 33.8 Å². The lowest BCUT2D eigenvalue weighted by atomic mass is 10.1. The van der Waals surface area contributed by atoms with Gasteiger partial charge >= 0.3 is 6.09 Å². The summed E-state index contributed by atoms with van der Waals surface area (Å²) in [6.45, 7) is 8.40. The fourth-order valence-electron chi connectivity index (χ4n) is 2.07. The van der Waals surface area contributed by atoms with E-state index in [0.717, 1.165) is 17.3 Å². The highest BCUT2D eigenvalue weighted by atomic mass is 79.9. The molecule has 3 nitrogen and oxygen atoms in total. The summed E-state index contributed by atoms with van der Waals surface area (Å²) >= 11 is 3.47. The Bertz CT molecular complexity index is 504. The smallest absolute Gasteiger partial charge is 0.410 e. The molecule has 1 aromatic carbocycles. The van der Waals surface area contributed by atoms with E-state index in [1.54, 1.807) is 0 Å². The first-order valence-corrected chi connectivity index (χ1v) is 7.80. The van der Waals surface area contributed by atoms with Crippen molar-refractivity contribution in [2.45, 2.75) is 58.7 Å². The molecule has 20 heavy (non-hydrogen) atoms. The first-order valence-electron chi connectivity index (χ1n) is 7.01. The lowest BCUT2D eigenvalue weighted by Gasteiger charge is -2.28. The Kier molecular flexibility index (Phi) is 4.43. The number of carbonyl (C=O) groups is 1. The van der Waals surface area contributed by atoms with Gasteiger partial charge in [0.05, 0.1) is 0 Å². The minimum absolute atomic E-state index is 0.206. The molecule has 4 heteroatoms. The molecule has 1 amide bonds. The third-order valence-electron chi connectivity index (χ3n) is 3.26. The SMILES string of the molecule is Cc1cc(Br)ccc1CN(C(=O)OC(C)(C)C)C1CC1. The molecule has 1 fully saturated rings. The minimum atomic E-state index is -0.445. The van der Waals surface area contributed by atoms with Crippen LogP contribution in [0.3, 0.4) is 0 Å². The van der Waals surface area contributed by atoms with E-state index in [9.17, 15) is 4.79 Å². The van der Waals surface area contributed by atoms with E-state index in [2.05, 4.69) is 35.0 Å². The zero-order valence-corrected chi connectivity index (χ0v) is 14.2. The third kappa shape index (κ3) is 4.23. The topological polar surface area (TPSA) is 29.5 Å². The van der Waals surface area contributed by atoms with Gasteiger partial charge in [0.2, 0.25) is 0 Å². The molecule has 0 unspecified atom stereocenters. The molecule has 110 valence electrons. The Balaban J connectivity index is 2.11. The Morgan fingerprint density at radius 2 is 2.05 bits per heavy atom. The molecule has 0 spiro atoms. The number of hydrogen-bond acceptors (Lipinski definition) is 2. The van der Waals surface area contributed by atoms with Gasteiger partial charge < -0.3 is 9.64 Å². The first kappa shape index (κ1) is 15.4. The Morgan fingerprint density at radius 3 is 2.55 bits per heavy atom. The van der Waals surface area contributed by atoms with Gasteiger partial charge in [-0.15, -0.1) is 0 Å². The van der Waals surface area contributed by atoms with Crippen LogP contribution in [0.15, 0.2) is 22.7 Å². The van der Waals surface area contributed by atoms with Gasteiger partial charge in [0.25, 0.3) is 0 Å². The summed E-state index contributed by atoms with van der Waals surface area (Å²) in [4.78, 5) is 14.2. The number of nitrogens with zero attached hydrogens (tertiary/aromatic N) is 1. The molecule has 2 rings (SSSR count). The summed E-state index contributed by atoms with van der Waals surface area (Å²) < 4.78 is 6.58. The number of halogens is 1. The van der Waals surface area contributed by atoms with E-state index in [4.69, 9.17) is 4.74 Å². The fourth-order valence-corrected chi connectivity index (χ4v) is 2.55. The summed E-state index contributed by atoms with van der Waals surface area (Å²) in [5, 5.41) is 0. The molecular formula is C16H22BrNO2. The molecule has 1 aromatic rings. The Morgan fingerprint density at radius 1 is 1.40 bits per heavy atom. The Hall–Kier alpha value is -1.03. The maximum atomic E-state index is 12.3. The van der Waals surface area contributed by atoms with E-state index in [1.807, 2.05) is 31.7 Å².